The highest BCUT2D eigenvalue weighted by molar-refractivity contribution is 7.98. The van der Waals surface area contributed by atoms with Crippen molar-refractivity contribution in [2.24, 2.45) is 0 Å². The first kappa shape index (κ1) is 22.6. The summed E-state index contributed by atoms with van der Waals surface area (Å²) in [5.74, 6) is 0.815. The van der Waals surface area contributed by atoms with E-state index >= 15 is 0 Å². The molecule has 0 saturated heterocycles. The zero-order valence-corrected chi connectivity index (χ0v) is 18.0. The van der Waals surface area contributed by atoms with E-state index in [0.717, 1.165) is 17.7 Å². The van der Waals surface area contributed by atoms with E-state index in [4.69, 9.17) is 0 Å². The minimum Gasteiger partial charge on any atom is -0.356 e. The zero-order chi connectivity index (χ0) is 22.4. The third-order valence-electron chi connectivity index (χ3n) is 4.71. The fourth-order valence-electron chi connectivity index (χ4n) is 3.14. The molecule has 4 nitrogen and oxygen atoms in total. The molecular formula is C23H21F3N4S. The molecule has 0 saturated carbocycles. The van der Waals surface area contributed by atoms with Gasteiger partial charge in [0.25, 0.3) is 0 Å². The highest BCUT2D eigenvalue weighted by Crippen LogP contribution is 2.33. The lowest BCUT2D eigenvalue weighted by atomic mass is 10.1. The van der Waals surface area contributed by atoms with Gasteiger partial charge in [-0.1, -0.05) is 60.3 Å². The highest BCUT2D eigenvalue weighted by atomic mass is 32.2. The lowest BCUT2D eigenvalue weighted by Gasteiger charge is -2.22. The summed E-state index contributed by atoms with van der Waals surface area (Å²) in [6, 6.07) is 16.8. The normalized spacial score (nSPS) is 11.2. The van der Waals surface area contributed by atoms with E-state index in [2.05, 4.69) is 16.0 Å². The summed E-state index contributed by atoms with van der Waals surface area (Å²) in [5.41, 5.74) is 1.54. The van der Waals surface area contributed by atoms with Gasteiger partial charge in [-0.2, -0.15) is 18.4 Å². The number of benzene rings is 2. The Hall–Kier alpha value is -3.05. The maximum Gasteiger partial charge on any atom is 0.416 e. The maximum absolute atomic E-state index is 13.0. The molecule has 31 heavy (non-hydrogen) atoms. The molecular weight excluding hydrogens is 421 g/mol. The zero-order valence-electron chi connectivity index (χ0n) is 17.1. The van der Waals surface area contributed by atoms with Crippen LogP contribution >= 0.6 is 11.8 Å². The lowest BCUT2D eigenvalue weighted by Crippen LogP contribution is -2.25. The molecule has 8 heteroatoms. The number of alkyl halides is 3. The summed E-state index contributed by atoms with van der Waals surface area (Å²) in [6.45, 7) is 5.27. The van der Waals surface area contributed by atoms with Crippen molar-refractivity contribution < 1.29 is 13.2 Å². The number of nitriles is 1. The predicted molar refractivity (Wildman–Crippen MR) is 117 cm³/mol. The van der Waals surface area contributed by atoms with Crippen molar-refractivity contribution in [3.05, 3.63) is 71.3 Å². The van der Waals surface area contributed by atoms with Crippen LogP contribution in [0.15, 0.2) is 59.8 Å². The molecule has 0 spiro atoms. The Kier molecular flexibility index (Phi) is 7.18. The molecule has 1 heterocycles. The minimum atomic E-state index is -4.39. The number of hydrogen-bond donors (Lipinski definition) is 0. The lowest BCUT2D eigenvalue weighted by molar-refractivity contribution is -0.137. The van der Waals surface area contributed by atoms with Crippen LogP contribution < -0.4 is 4.90 Å². The Labute approximate surface area is 183 Å². The second-order valence-corrected chi connectivity index (χ2v) is 7.63. The second kappa shape index (κ2) is 9.84. The largest absolute Gasteiger partial charge is 0.416 e. The van der Waals surface area contributed by atoms with E-state index < -0.39 is 11.7 Å². The molecule has 0 fully saturated rings. The van der Waals surface area contributed by atoms with Crippen LogP contribution in [0.4, 0.5) is 19.0 Å². The molecule has 0 unspecified atom stereocenters. The number of hydrogen-bond acceptors (Lipinski definition) is 5. The molecule has 1 aromatic heterocycles. The number of rotatable bonds is 7. The molecule has 0 N–H and O–H groups in total. The van der Waals surface area contributed by atoms with Crippen molar-refractivity contribution >= 4 is 17.6 Å². The van der Waals surface area contributed by atoms with Crippen LogP contribution in [0.2, 0.25) is 0 Å². The van der Waals surface area contributed by atoms with Crippen molar-refractivity contribution in [3.8, 4) is 17.3 Å². The summed E-state index contributed by atoms with van der Waals surface area (Å²) in [7, 11) is 0. The van der Waals surface area contributed by atoms with Gasteiger partial charge >= 0.3 is 6.18 Å². The van der Waals surface area contributed by atoms with Gasteiger partial charge in [0.1, 0.15) is 11.6 Å². The standard InChI is InChI=1S/C23H21F3N4S/c1-3-30(4-2)21-19(14-27)20(17-10-6-5-7-11-17)28-22(29-21)31-15-16-9-8-12-18(13-16)23(24,25)26/h5-13H,3-4,15H2,1-2H3. The predicted octanol–water partition coefficient (Wildman–Crippen LogP) is 6.17. The van der Waals surface area contributed by atoms with Crippen LogP contribution in [-0.4, -0.2) is 23.1 Å². The van der Waals surface area contributed by atoms with Crippen LogP contribution in [0.3, 0.4) is 0 Å². The highest BCUT2D eigenvalue weighted by Gasteiger charge is 2.30. The fraction of sp³-hybridized carbons (Fsp3) is 0.261. The van der Waals surface area contributed by atoms with Gasteiger partial charge in [0, 0.05) is 24.4 Å². The van der Waals surface area contributed by atoms with Gasteiger partial charge in [0.2, 0.25) is 0 Å². The number of nitrogens with zero attached hydrogens (tertiary/aromatic N) is 4. The van der Waals surface area contributed by atoms with E-state index in [0.29, 0.717) is 40.9 Å². The molecule has 0 atom stereocenters. The Morgan fingerprint density at radius 2 is 1.71 bits per heavy atom. The second-order valence-electron chi connectivity index (χ2n) is 6.69. The van der Waals surface area contributed by atoms with Crippen molar-refractivity contribution in [2.45, 2.75) is 30.9 Å². The van der Waals surface area contributed by atoms with Crippen LogP contribution in [0.5, 0.6) is 0 Å². The molecule has 0 aliphatic heterocycles. The molecule has 0 amide bonds. The molecule has 2 aromatic carbocycles. The smallest absolute Gasteiger partial charge is 0.356 e. The van der Waals surface area contributed by atoms with Gasteiger partial charge in [-0.15, -0.1) is 0 Å². The number of thioether (sulfide) groups is 1. The molecule has 3 aromatic rings. The van der Waals surface area contributed by atoms with Crippen molar-refractivity contribution in [2.75, 3.05) is 18.0 Å². The Balaban J connectivity index is 2.01. The van der Waals surface area contributed by atoms with Crippen LogP contribution in [-0.2, 0) is 11.9 Å². The van der Waals surface area contributed by atoms with Gasteiger partial charge in [0.05, 0.1) is 11.3 Å². The van der Waals surface area contributed by atoms with Crippen molar-refractivity contribution in [3.63, 3.8) is 0 Å². The summed E-state index contributed by atoms with van der Waals surface area (Å²) in [5, 5.41) is 10.3. The first-order valence-electron chi connectivity index (χ1n) is 9.78. The Morgan fingerprint density at radius 1 is 1.00 bits per heavy atom. The molecule has 160 valence electrons. The molecule has 0 aliphatic rings. The van der Waals surface area contributed by atoms with Crippen LogP contribution in [0, 0.1) is 11.3 Å². The first-order valence-corrected chi connectivity index (χ1v) is 10.8. The van der Waals surface area contributed by atoms with Crippen molar-refractivity contribution in [1.82, 2.24) is 9.97 Å². The Morgan fingerprint density at radius 3 is 2.32 bits per heavy atom. The van der Waals surface area contributed by atoms with Gasteiger partial charge in [-0.3, -0.25) is 0 Å². The van der Waals surface area contributed by atoms with Crippen LogP contribution in [0.1, 0.15) is 30.5 Å². The third kappa shape index (κ3) is 5.36. The maximum atomic E-state index is 13.0. The quantitative estimate of drug-likeness (QED) is 0.323. The van der Waals surface area contributed by atoms with Gasteiger partial charge < -0.3 is 4.90 Å². The molecule has 0 radical (unpaired) electrons. The topological polar surface area (TPSA) is 52.8 Å². The van der Waals surface area contributed by atoms with E-state index in [1.807, 2.05) is 49.1 Å². The van der Waals surface area contributed by atoms with Gasteiger partial charge in [0.15, 0.2) is 11.0 Å². The first-order chi connectivity index (χ1) is 14.9. The number of anilines is 1. The fourth-order valence-corrected chi connectivity index (χ4v) is 3.92. The third-order valence-corrected chi connectivity index (χ3v) is 5.63. The summed E-state index contributed by atoms with van der Waals surface area (Å²) >= 11 is 1.25. The summed E-state index contributed by atoms with van der Waals surface area (Å²) in [6.07, 6.45) is -4.39. The SMILES string of the molecule is CCN(CC)c1nc(SCc2cccc(C(F)(F)F)c2)nc(-c2ccccc2)c1C#N. The average Bonchev–Trinajstić information content (AvgIpc) is 2.78. The molecule has 0 bridgehead atoms. The van der Waals surface area contributed by atoms with Crippen LogP contribution in [0.25, 0.3) is 11.3 Å². The van der Waals surface area contributed by atoms with E-state index in [-0.39, 0.29) is 5.75 Å². The summed E-state index contributed by atoms with van der Waals surface area (Å²) in [4.78, 5) is 11.2. The number of aromatic nitrogens is 2. The monoisotopic (exact) mass is 442 g/mol. The van der Waals surface area contributed by atoms with Gasteiger partial charge in [-0.05, 0) is 25.5 Å². The number of halogens is 3. The van der Waals surface area contributed by atoms with E-state index in [1.54, 1.807) is 6.07 Å². The van der Waals surface area contributed by atoms with E-state index in [9.17, 15) is 18.4 Å². The Bertz CT molecular complexity index is 1070. The van der Waals surface area contributed by atoms with E-state index in [1.165, 1.54) is 17.8 Å². The van der Waals surface area contributed by atoms with Gasteiger partial charge in [-0.25, -0.2) is 9.97 Å². The molecule has 0 aliphatic carbocycles. The molecule has 3 rings (SSSR count). The van der Waals surface area contributed by atoms with Crippen molar-refractivity contribution in [1.29, 1.82) is 5.26 Å². The minimum absolute atomic E-state index is 0.280. The average molecular weight is 443 g/mol. The summed E-state index contributed by atoms with van der Waals surface area (Å²) < 4.78 is 39.0.